The summed E-state index contributed by atoms with van der Waals surface area (Å²) in [7, 11) is 1.25. The van der Waals surface area contributed by atoms with Crippen molar-refractivity contribution in [1.29, 1.82) is 0 Å². The van der Waals surface area contributed by atoms with Crippen LogP contribution in [0.4, 0.5) is 9.52 Å². The molecule has 1 aliphatic heterocycles. The van der Waals surface area contributed by atoms with Crippen molar-refractivity contribution in [2.75, 3.05) is 18.6 Å². The number of anilines is 1. The molecule has 2 aromatic heterocycles. The summed E-state index contributed by atoms with van der Waals surface area (Å²) >= 11 is 0.958. The molecule has 43 heavy (non-hydrogen) atoms. The first-order valence-corrected chi connectivity index (χ1v) is 14.2. The summed E-state index contributed by atoms with van der Waals surface area (Å²) in [6.07, 6.45) is 0. The van der Waals surface area contributed by atoms with Crippen LogP contribution in [0.15, 0.2) is 75.9 Å². The van der Waals surface area contributed by atoms with Crippen LogP contribution < -0.4 is 19.8 Å². The molecule has 1 aliphatic rings. The summed E-state index contributed by atoms with van der Waals surface area (Å²) in [5.74, 6) is -1.17. The minimum atomic E-state index is -1.02. The molecule has 1 atom stereocenters. The normalized spacial score (nSPS) is 14.2. The molecule has 6 rings (SSSR count). The van der Waals surface area contributed by atoms with Gasteiger partial charge in [0.1, 0.15) is 22.9 Å². The topological polar surface area (TPSA) is 108 Å². The van der Waals surface area contributed by atoms with Crippen LogP contribution in [0.1, 0.15) is 55.6 Å². The van der Waals surface area contributed by atoms with Gasteiger partial charge in [0, 0.05) is 0 Å². The van der Waals surface area contributed by atoms with Gasteiger partial charge in [0.2, 0.25) is 5.76 Å². The molecule has 0 spiro atoms. The van der Waals surface area contributed by atoms with Crippen LogP contribution in [0.3, 0.4) is 0 Å². The summed E-state index contributed by atoms with van der Waals surface area (Å²) in [6, 6.07) is 17.3. The molecular formula is C32H25FN2O7S. The van der Waals surface area contributed by atoms with E-state index >= 15 is 0 Å². The Kier molecular flexibility index (Phi) is 7.41. The van der Waals surface area contributed by atoms with Gasteiger partial charge < -0.3 is 18.6 Å². The predicted octanol–water partition coefficient (Wildman–Crippen LogP) is 6.21. The second-order valence-electron chi connectivity index (χ2n) is 9.71. The predicted molar refractivity (Wildman–Crippen MR) is 158 cm³/mol. The lowest BCUT2D eigenvalue weighted by Gasteiger charge is -2.23. The second kappa shape index (κ2) is 11.3. The number of methoxy groups -OCH3 is 1. The van der Waals surface area contributed by atoms with E-state index in [-0.39, 0.29) is 32.3 Å². The number of halogens is 1. The van der Waals surface area contributed by atoms with Gasteiger partial charge in [0.25, 0.3) is 5.91 Å². The Hall–Kier alpha value is -5.03. The van der Waals surface area contributed by atoms with E-state index in [9.17, 15) is 18.8 Å². The molecule has 0 fully saturated rings. The fourth-order valence-electron chi connectivity index (χ4n) is 5.04. The highest BCUT2D eigenvalue weighted by atomic mass is 32.1. The van der Waals surface area contributed by atoms with Gasteiger partial charge in [-0.05, 0) is 55.3 Å². The van der Waals surface area contributed by atoms with E-state index in [2.05, 4.69) is 4.98 Å². The van der Waals surface area contributed by atoms with E-state index in [4.69, 9.17) is 18.6 Å². The SMILES string of the molecule is CCOc1cc(C2c3c(oc4ccc(F)cc4c3=O)C(=O)N2c2nc(C)c(C(=O)OC)s2)ccc1OCc1ccccc1. The van der Waals surface area contributed by atoms with E-state index in [1.807, 2.05) is 37.3 Å². The van der Waals surface area contributed by atoms with Gasteiger partial charge in [-0.3, -0.25) is 14.5 Å². The zero-order valence-corrected chi connectivity index (χ0v) is 24.2. The molecule has 218 valence electrons. The molecule has 3 heterocycles. The lowest BCUT2D eigenvalue weighted by molar-refractivity contribution is 0.0605. The Morgan fingerprint density at radius 1 is 1.05 bits per heavy atom. The van der Waals surface area contributed by atoms with E-state index < -0.39 is 29.2 Å². The Morgan fingerprint density at radius 3 is 2.58 bits per heavy atom. The standard InChI is InChI=1S/C32H25FN2O7S/c1-4-40-24-14-19(10-12-23(24)41-16-18-8-6-5-7-9-18)26-25-27(36)21-15-20(33)11-13-22(21)42-28(25)30(37)35(26)32-34-17(2)29(43-32)31(38)39-3/h5-15,26H,4,16H2,1-3H3. The first-order chi connectivity index (χ1) is 20.8. The fourth-order valence-corrected chi connectivity index (χ4v) is 6.05. The van der Waals surface area contributed by atoms with Gasteiger partial charge in [-0.15, -0.1) is 0 Å². The van der Waals surface area contributed by atoms with E-state index in [1.165, 1.54) is 18.1 Å². The lowest BCUT2D eigenvalue weighted by atomic mass is 9.98. The Bertz CT molecular complexity index is 1940. The number of thiazole rings is 1. The van der Waals surface area contributed by atoms with Crippen LogP contribution in [-0.2, 0) is 11.3 Å². The van der Waals surface area contributed by atoms with Crippen LogP contribution >= 0.6 is 11.3 Å². The molecular weight excluding hydrogens is 575 g/mol. The van der Waals surface area contributed by atoms with Crippen molar-refractivity contribution in [3.8, 4) is 11.5 Å². The summed E-state index contributed by atoms with van der Waals surface area (Å²) in [4.78, 5) is 46.2. The second-order valence-corrected chi connectivity index (χ2v) is 10.7. The third-order valence-corrected chi connectivity index (χ3v) is 8.15. The number of amides is 1. The number of hydrogen-bond acceptors (Lipinski definition) is 9. The van der Waals surface area contributed by atoms with Crippen molar-refractivity contribution in [2.24, 2.45) is 0 Å². The number of hydrogen-bond donors (Lipinski definition) is 0. The summed E-state index contributed by atoms with van der Waals surface area (Å²) < 4.78 is 37.0. The number of nitrogens with zero attached hydrogens (tertiary/aromatic N) is 2. The van der Waals surface area contributed by atoms with Gasteiger partial charge in [0.15, 0.2) is 22.1 Å². The molecule has 0 saturated heterocycles. The number of benzene rings is 3. The number of ether oxygens (including phenoxy) is 3. The smallest absolute Gasteiger partial charge is 0.350 e. The molecule has 1 unspecified atom stereocenters. The highest BCUT2D eigenvalue weighted by molar-refractivity contribution is 7.17. The maximum Gasteiger partial charge on any atom is 0.350 e. The van der Waals surface area contributed by atoms with Crippen molar-refractivity contribution in [3.05, 3.63) is 116 Å². The van der Waals surface area contributed by atoms with E-state index in [0.29, 0.717) is 36.0 Å². The van der Waals surface area contributed by atoms with Crippen molar-refractivity contribution in [3.63, 3.8) is 0 Å². The monoisotopic (exact) mass is 600 g/mol. The van der Waals surface area contributed by atoms with E-state index in [1.54, 1.807) is 25.1 Å². The number of rotatable bonds is 8. The average molecular weight is 601 g/mol. The molecule has 3 aromatic carbocycles. The van der Waals surface area contributed by atoms with Crippen LogP contribution in [0.5, 0.6) is 11.5 Å². The molecule has 0 radical (unpaired) electrons. The van der Waals surface area contributed by atoms with Crippen LogP contribution in [0.2, 0.25) is 0 Å². The van der Waals surface area contributed by atoms with Crippen LogP contribution in [-0.4, -0.2) is 30.6 Å². The number of esters is 1. The number of carbonyl (C=O) groups excluding carboxylic acids is 2. The Labute approximate surface area is 249 Å². The number of carbonyl (C=O) groups is 2. The first-order valence-electron chi connectivity index (χ1n) is 13.4. The minimum absolute atomic E-state index is 0.00295. The molecule has 0 N–H and O–H groups in total. The van der Waals surface area contributed by atoms with Gasteiger partial charge in [-0.25, -0.2) is 14.2 Å². The highest BCUT2D eigenvalue weighted by Gasteiger charge is 2.45. The molecule has 5 aromatic rings. The number of aryl methyl sites for hydroxylation is 1. The fraction of sp³-hybridized carbons (Fsp3) is 0.188. The van der Waals surface area contributed by atoms with Gasteiger partial charge in [-0.1, -0.05) is 47.7 Å². The number of fused-ring (bicyclic) bond motifs is 2. The van der Waals surface area contributed by atoms with Crippen molar-refractivity contribution in [1.82, 2.24) is 4.98 Å². The first kappa shape index (κ1) is 28.1. The summed E-state index contributed by atoms with van der Waals surface area (Å²) in [6.45, 7) is 4.08. The molecule has 0 aliphatic carbocycles. The molecule has 11 heteroatoms. The Morgan fingerprint density at radius 2 is 1.84 bits per heavy atom. The summed E-state index contributed by atoms with van der Waals surface area (Å²) in [5, 5.41) is 0.160. The molecule has 9 nitrogen and oxygen atoms in total. The van der Waals surface area contributed by atoms with Crippen molar-refractivity contribution < 1.29 is 32.6 Å². The quantitative estimate of drug-likeness (QED) is 0.194. The van der Waals surface area contributed by atoms with E-state index in [0.717, 1.165) is 29.0 Å². The van der Waals surface area contributed by atoms with Crippen LogP contribution in [0, 0.1) is 12.7 Å². The van der Waals surface area contributed by atoms with Crippen molar-refractivity contribution in [2.45, 2.75) is 26.5 Å². The number of aromatic nitrogens is 1. The zero-order chi connectivity index (χ0) is 30.2. The van der Waals surface area contributed by atoms with Gasteiger partial charge in [0.05, 0.1) is 36.4 Å². The highest BCUT2D eigenvalue weighted by Crippen LogP contribution is 2.45. The molecule has 0 saturated carbocycles. The third kappa shape index (κ3) is 5.01. The molecule has 1 amide bonds. The average Bonchev–Trinajstić information content (AvgIpc) is 3.54. The maximum atomic E-state index is 14.2. The largest absolute Gasteiger partial charge is 0.490 e. The Balaban J connectivity index is 1.51. The van der Waals surface area contributed by atoms with Crippen LogP contribution in [0.25, 0.3) is 11.0 Å². The lowest BCUT2D eigenvalue weighted by Crippen LogP contribution is -2.29. The minimum Gasteiger partial charge on any atom is -0.490 e. The van der Waals surface area contributed by atoms with Crippen molar-refractivity contribution >= 4 is 39.3 Å². The third-order valence-electron chi connectivity index (χ3n) is 7.01. The van der Waals surface area contributed by atoms with Gasteiger partial charge >= 0.3 is 5.97 Å². The zero-order valence-electron chi connectivity index (χ0n) is 23.4. The maximum absolute atomic E-state index is 14.2. The van der Waals surface area contributed by atoms with Gasteiger partial charge in [-0.2, -0.15) is 0 Å². The molecule has 0 bridgehead atoms. The summed E-state index contributed by atoms with van der Waals surface area (Å²) in [5.41, 5.74) is 1.37.